The van der Waals surface area contributed by atoms with Crippen molar-refractivity contribution < 1.29 is 28.3 Å². The summed E-state index contributed by atoms with van der Waals surface area (Å²) in [6.45, 7) is 1.61. The first kappa shape index (κ1) is 17.4. The van der Waals surface area contributed by atoms with Crippen LogP contribution in [0.2, 0.25) is 0 Å². The van der Waals surface area contributed by atoms with Crippen LogP contribution in [0.3, 0.4) is 0 Å². The van der Waals surface area contributed by atoms with E-state index in [9.17, 15) is 13.2 Å². The fourth-order valence-corrected chi connectivity index (χ4v) is 2.09. The molecule has 1 unspecified atom stereocenters. The van der Waals surface area contributed by atoms with Crippen molar-refractivity contribution in [1.82, 2.24) is 0 Å². The zero-order valence-electron chi connectivity index (χ0n) is 8.76. The lowest BCUT2D eigenvalue weighted by Crippen LogP contribution is -2.16. The van der Waals surface area contributed by atoms with Crippen LogP contribution in [0.5, 0.6) is 0 Å². The van der Waals surface area contributed by atoms with E-state index in [0.29, 0.717) is 0 Å². The Hall–Kier alpha value is -0.960. The van der Waals surface area contributed by atoms with Gasteiger partial charge < -0.3 is 15.1 Å². The summed E-state index contributed by atoms with van der Waals surface area (Å²) in [7, 11) is -3.70. The molecule has 0 amide bonds. The number of hydrogen-bond acceptors (Lipinski definition) is 5. The monoisotopic (exact) mass is 270 g/mol. The Bertz CT molecular complexity index is 408. The molecular formula is C8H14O6S2. The number of rotatable bonds is 3. The summed E-state index contributed by atoms with van der Waals surface area (Å²) in [6, 6.07) is 3.56. The van der Waals surface area contributed by atoms with E-state index in [1.165, 1.54) is 11.3 Å². The first-order chi connectivity index (χ1) is 6.40. The predicted octanol–water partition coefficient (Wildman–Crippen LogP) is -0.295. The molecule has 1 heterocycles. The summed E-state index contributed by atoms with van der Waals surface area (Å²) in [4.78, 5) is 12.1. The van der Waals surface area contributed by atoms with Gasteiger partial charge in [0.2, 0.25) is 0 Å². The van der Waals surface area contributed by atoms with Gasteiger partial charge in [0, 0.05) is 4.88 Å². The molecule has 16 heavy (non-hydrogen) atoms. The lowest BCUT2D eigenvalue weighted by Gasteiger charge is -2.06. The molecule has 4 N–H and O–H groups in total. The zero-order chi connectivity index (χ0) is 10.8. The highest BCUT2D eigenvalue weighted by molar-refractivity contribution is 7.86. The van der Waals surface area contributed by atoms with E-state index in [4.69, 9.17) is 0 Å². The third-order valence-corrected chi connectivity index (χ3v) is 3.08. The molecule has 8 heteroatoms. The molecule has 6 nitrogen and oxygen atoms in total. The molecule has 0 saturated carbocycles. The van der Waals surface area contributed by atoms with Crippen LogP contribution in [0, 0.1) is 0 Å². The zero-order valence-corrected chi connectivity index (χ0v) is 10.4. The van der Waals surface area contributed by atoms with Gasteiger partial charge >= 0.3 is 16.1 Å². The Morgan fingerprint density at radius 3 is 2.38 bits per heavy atom. The van der Waals surface area contributed by atoms with Crippen molar-refractivity contribution >= 4 is 27.4 Å². The van der Waals surface area contributed by atoms with Crippen molar-refractivity contribution in [3.63, 3.8) is 0 Å². The average Bonchev–Trinajstić information content (AvgIpc) is 2.51. The summed E-state index contributed by atoms with van der Waals surface area (Å²) in [5.74, 6) is -1.28. The molecule has 0 aliphatic rings. The molecule has 0 aliphatic carbocycles. The molecule has 0 spiro atoms. The average molecular weight is 270 g/mol. The maximum absolute atomic E-state index is 11.3. The van der Waals surface area contributed by atoms with Crippen LogP contribution in [-0.4, -0.2) is 31.6 Å². The van der Waals surface area contributed by atoms with Crippen molar-refractivity contribution in [3.05, 3.63) is 22.4 Å². The summed E-state index contributed by atoms with van der Waals surface area (Å²) >= 11 is 1.39. The van der Waals surface area contributed by atoms with Crippen LogP contribution in [0.15, 0.2) is 17.5 Å². The summed E-state index contributed by atoms with van der Waals surface area (Å²) in [6.07, 6.45) is 0.853. The minimum absolute atomic E-state index is 0. The first-order valence-electron chi connectivity index (χ1n) is 3.87. The normalized spacial score (nSPS) is 11.9. The van der Waals surface area contributed by atoms with Crippen molar-refractivity contribution in [2.45, 2.75) is 12.8 Å². The van der Waals surface area contributed by atoms with Gasteiger partial charge in [-0.15, -0.1) is 11.3 Å². The van der Waals surface area contributed by atoms with Crippen LogP contribution < -0.4 is 0 Å². The molecule has 1 rings (SSSR count). The van der Waals surface area contributed by atoms with E-state index < -0.39 is 22.0 Å². The largest absolute Gasteiger partial charge is 0.412 e. The summed E-state index contributed by atoms with van der Waals surface area (Å²) in [5.41, 5.74) is 0. The van der Waals surface area contributed by atoms with Gasteiger partial charge in [0.15, 0.2) is 0 Å². The standard InChI is InChI=1S/C8H10O4S2.2H2O/c1-6(7-4-3-5-13-7)8(9)12-14(2,10)11;;/h3-6H,1-2H3;2*1H2. The van der Waals surface area contributed by atoms with E-state index in [1.54, 1.807) is 19.1 Å². The van der Waals surface area contributed by atoms with Crippen molar-refractivity contribution in [2.24, 2.45) is 0 Å². The second-order valence-electron chi connectivity index (χ2n) is 2.84. The highest BCUT2D eigenvalue weighted by atomic mass is 32.2. The lowest BCUT2D eigenvalue weighted by atomic mass is 10.1. The topological polar surface area (TPSA) is 123 Å². The first-order valence-corrected chi connectivity index (χ1v) is 6.56. The predicted molar refractivity (Wildman–Crippen MR) is 60.9 cm³/mol. The fourth-order valence-electron chi connectivity index (χ4n) is 0.875. The Balaban J connectivity index is 0. The molecule has 0 bridgehead atoms. The van der Waals surface area contributed by atoms with E-state index in [0.717, 1.165) is 11.1 Å². The second kappa shape index (κ2) is 6.59. The van der Waals surface area contributed by atoms with Crippen LogP contribution >= 0.6 is 11.3 Å². The number of carbonyl (C=O) groups excluding carboxylic acids is 1. The van der Waals surface area contributed by atoms with Crippen molar-refractivity contribution in [1.29, 1.82) is 0 Å². The molecule has 0 aromatic carbocycles. The molecule has 94 valence electrons. The Labute approximate surface area is 97.6 Å². The maximum Gasteiger partial charge on any atom is 0.330 e. The van der Waals surface area contributed by atoms with Crippen LogP contribution in [-0.2, 0) is 19.1 Å². The maximum atomic E-state index is 11.3. The number of thiophene rings is 1. The van der Waals surface area contributed by atoms with Gasteiger partial charge in [-0.1, -0.05) is 6.07 Å². The number of carbonyl (C=O) groups is 1. The fraction of sp³-hybridized carbons (Fsp3) is 0.375. The molecule has 1 atom stereocenters. The van der Waals surface area contributed by atoms with Gasteiger partial charge in [0.05, 0.1) is 12.2 Å². The number of hydrogen-bond donors (Lipinski definition) is 0. The molecule has 1 aromatic heterocycles. The SMILES string of the molecule is CC(C(=O)OS(C)(=O)=O)c1cccs1.O.O. The Kier molecular flexibility index (Phi) is 7.18. The van der Waals surface area contributed by atoms with Gasteiger partial charge in [0.25, 0.3) is 0 Å². The summed E-state index contributed by atoms with van der Waals surface area (Å²) < 4.78 is 25.6. The van der Waals surface area contributed by atoms with Gasteiger partial charge in [-0.25, -0.2) is 0 Å². The van der Waals surface area contributed by atoms with Gasteiger partial charge in [-0.2, -0.15) is 8.42 Å². The Morgan fingerprint density at radius 1 is 1.44 bits per heavy atom. The van der Waals surface area contributed by atoms with Crippen molar-refractivity contribution in [2.75, 3.05) is 6.26 Å². The third-order valence-electron chi connectivity index (χ3n) is 1.56. The molecular weight excluding hydrogens is 256 g/mol. The van der Waals surface area contributed by atoms with E-state index in [-0.39, 0.29) is 11.0 Å². The van der Waals surface area contributed by atoms with E-state index in [1.807, 2.05) is 5.38 Å². The van der Waals surface area contributed by atoms with Gasteiger partial charge in [-0.3, -0.25) is 4.79 Å². The minimum Gasteiger partial charge on any atom is -0.412 e. The lowest BCUT2D eigenvalue weighted by molar-refractivity contribution is -0.135. The molecule has 0 aliphatic heterocycles. The molecule has 1 aromatic rings. The second-order valence-corrected chi connectivity index (χ2v) is 5.40. The van der Waals surface area contributed by atoms with E-state index >= 15 is 0 Å². The third kappa shape index (κ3) is 5.21. The highest BCUT2D eigenvalue weighted by Crippen LogP contribution is 2.22. The Morgan fingerprint density at radius 2 is 2.00 bits per heavy atom. The molecule has 0 saturated heterocycles. The quantitative estimate of drug-likeness (QED) is 0.699. The van der Waals surface area contributed by atoms with Crippen LogP contribution in [0.1, 0.15) is 17.7 Å². The van der Waals surface area contributed by atoms with Crippen molar-refractivity contribution in [3.8, 4) is 0 Å². The molecule has 0 fully saturated rings. The van der Waals surface area contributed by atoms with Gasteiger partial charge in [0.1, 0.15) is 0 Å². The van der Waals surface area contributed by atoms with Crippen LogP contribution in [0.4, 0.5) is 0 Å². The highest BCUT2D eigenvalue weighted by Gasteiger charge is 2.21. The minimum atomic E-state index is -3.70. The van der Waals surface area contributed by atoms with E-state index in [2.05, 4.69) is 4.18 Å². The van der Waals surface area contributed by atoms with Gasteiger partial charge in [-0.05, 0) is 18.4 Å². The van der Waals surface area contributed by atoms with Crippen LogP contribution in [0.25, 0.3) is 0 Å². The summed E-state index contributed by atoms with van der Waals surface area (Å²) in [5, 5.41) is 1.82. The smallest absolute Gasteiger partial charge is 0.330 e. The molecule has 0 radical (unpaired) electrons.